The van der Waals surface area contributed by atoms with Gasteiger partial charge >= 0.3 is 5.97 Å². The van der Waals surface area contributed by atoms with Crippen LogP contribution in [0.4, 0.5) is 5.69 Å². The zero-order chi connectivity index (χ0) is 23.0. The Bertz CT molecular complexity index is 992. The summed E-state index contributed by atoms with van der Waals surface area (Å²) >= 11 is 0. The van der Waals surface area contributed by atoms with Gasteiger partial charge in [0.2, 0.25) is 0 Å². The highest BCUT2D eigenvalue weighted by molar-refractivity contribution is 7.79. The van der Waals surface area contributed by atoms with E-state index in [4.69, 9.17) is 4.74 Å². The number of benzene rings is 3. The molecular formula is C27H32NO3P. The Hall–Kier alpha value is -2.84. The van der Waals surface area contributed by atoms with Gasteiger partial charge in [-0.05, 0) is 39.3 Å². The van der Waals surface area contributed by atoms with Crippen molar-refractivity contribution in [2.75, 3.05) is 11.9 Å². The van der Waals surface area contributed by atoms with E-state index in [9.17, 15) is 9.36 Å². The van der Waals surface area contributed by atoms with Gasteiger partial charge in [0.25, 0.3) is 0 Å². The van der Waals surface area contributed by atoms with Gasteiger partial charge in [-0.2, -0.15) is 0 Å². The van der Waals surface area contributed by atoms with E-state index in [0.29, 0.717) is 13.0 Å². The minimum atomic E-state index is -3.08. The highest BCUT2D eigenvalue weighted by Gasteiger charge is 2.40. The molecule has 3 aromatic rings. The molecule has 2 unspecified atom stereocenters. The zero-order valence-corrected chi connectivity index (χ0v) is 19.9. The van der Waals surface area contributed by atoms with Crippen LogP contribution in [-0.2, 0) is 14.1 Å². The second-order valence-corrected chi connectivity index (χ2v) is 11.1. The maximum atomic E-state index is 15.0. The molecule has 5 heteroatoms. The largest absolute Gasteiger partial charge is 0.466 e. The summed E-state index contributed by atoms with van der Waals surface area (Å²) in [5.74, 6) is -0.257. The third-order valence-electron chi connectivity index (χ3n) is 5.72. The molecule has 4 nitrogen and oxygen atoms in total. The molecule has 0 fully saturated rings. The van der Waals surface area contributed by atoms with Crippen molar-refractivity contribution >= 4 is 29.4 Å². The molecule has 3 rings (SSSR count). The van der Waals surface area contributed by atoms with E-state index >= 15 is 0 Å². The van der Waals surface area contributed by atoms with E-state index in [1.807, 2.05) is 86.6 Å². The lowest BCUT2D eigenvalue weighted by atomic mass is 10.1. The summed E-state index contributed by atoms with van der Waals surface area (Å²) in [5, 5.41) is 5.15. The molecule has 0 saturated heterocycles. The first-order valence-corrected chi connectivity index (χ1v) is 12.9. The van der Waals surface area contributed by atoms with Crippen molar-refractivity contribution < 1.29 is 14.1 Å². The van der Waals surface area contributed by atoms with Crippen molar-refractivity contribution in [3.05, 3.63) is 90.5 Å². The van der Waals surface area contributed by atoms with Gasteiger partial charge in [-0.15, -0.1) is 0 Å². The lowest BCUT2D eigenvalue weighted by molar-refractivity contribution is -0.143. The Balaban J connectivity index is 2.03. The number of nitrogens with one attached hydrogen (secondary N) is 1. The van der Waals surface area contributed by atoms with E-state index in [-0.39, 0.29) is 24.1 Å². The van der Waals surface area contributed by atoms with Gasteiger partial charge in [-0.1, -0.05) is 78.4 Å². The summed E-state index contributed by atoms with van der Waals surface area (Å²) in [6.45, 7) is 6.24. The molecule has 0 saturated carbocycles. The van der Waals surface area contributed by atoms with Gasteiger partial charge in [0.1, 0.15) is 7.14 Å². The molecular weight excluding hydrogens is 417 g/mol. The fraction of sp³-hybridized carbons (Fsp3) is 0.296. The van der Waals surface area contributed by atoms with Crippen molar-refractivity contribution in [2.24, 2.45) is 0 Å². The van der Waals surface area contributed by atoms with Crippen LogP contribution >= 0.6 is 7.14 Å². The lowest BCUT2D eigenvalue weighted by Gasteiger charge is -2.34. The number of carbonyl (C=O) groups excluding carboxylic acids is 1. The van der Waals surface area contributed by atoms with Crippen molar-refractivity contribution in [3.8, 4) is 0 Å². The molecule has 168 valence electrons. The first-order valence-electron chi connectivity index (χ1n) is 11.1. The van der Waals surface area contributed by atoms with Gasteiger partial charge in [0, 0.05) is 34.4 Å². The van der Waals surface area contributed by atoms with E-state index in [1.165, 1.54) is 5.56 Å². The highest BCUT2D eigenvalue weighted by Crippen LogP contribution is 2.52. The van der Waals surface area contributed by atoms with Crippen molar-refractivity contribution in [1.29, 1.82) is 0 Å². The van der Waals surface area contributed by atoms with Gasteiger partial charge in [0.15, 0.2) is 0 Å². The standard InChI is InChI=1S/C27H32NO3P/c1-4-31-27(29)20-19-26(22(3)28-23-17-15-21(2)16-18-23)32(30,24-11-7-5-8-12-24)25-13-9-6-10-14-25/h5-18,22,26,28H,4,19-20H2,1-3H3. The minimum absolute atomic E-state index is 0.140. The van der Waals surface area contributed by atoms with Gasteiger partial charge < -0.3 is 14.6 Å². The normalized spacial score (nSPS) is 13.2. The molecule has 2 atom stereocenters. The minimum Gasteiger partial charge on any atom is -0.466 e. The number of aryl methyl sites for hydroxylation is 1. The maximum Gasteiger partial charge on any atom is 0.305 e. The molecule has 3 aromatic carbocycles. The summed E-state index contributed by atoms with van der Waals surface area (Å²) in [4.78, 5) is 12.2. The molecule has 0 aliphatic carbocycles. The van der Waals surface area contributed by atoms with Crippen LogP contribution in [-0.4, -0.2) is 24.3 Å². The number of carbonyl (C=O) groups is 1. The zero-order valence-electron chi connectivity index (χ0n) is 19.0. The van der Waals surface area contributed by atoms with E-state index in [1.54, 1.807) is 6.92 Å². The Morgan fingerprint density at radius 2 is 1.44 bits per heavy atom. The van der Waals surface area contributed by atoms with Crippen LogP contribution in [0.1, 0.15) is 32.3 Å². The Morgan fingerprint density at radius 3 is 1.94 bits per heavy atom. The third-order valence-corrected chi connectivity index (χ3v) is 9.49. The van der Waals surface area contributed by atoms with Crippen LogP contribution in [0.2, 0.25) is 0 Å². The number of anilines is 1. The Labute approximate surface area is 191 Å². The highest BCUT2D eigenvalue weighted by atomic mass is 31.2. The third kappa shape index (κ3) is 5.69. The molecule has 0 radical (unpaired) electrons. The predicted molar refractivity (Wildman–Crippen MR) is 134 cm³/mol. The van der Waals surface area contributed by atoms with Crippen LogP contribution in [0.15, 0.2) is 84.9 Å². The van der Waals surface area contributed by atoms with Crippen LogP contribution < -0.4 is 15.9 Å². The molecule has 0 heterocycles. The van der Waals surface area contributed by atoms with Gasteiger partial charge in [-0.3, -0.25) is 4.79 Å². The fourth-order valence-electron chi connectivity index (χ4n) is 4.09. The summed E-state index contributed by atoms with van der Waals surface area (Å²) in [6, 6.07) is 27.3. The second kappa shape index (κ2) is 11.2. The van der Waals surface area contributed by atoms with Crippen molar-refractivity contribution in [3.63, 3.8) is 0 Å². The Morgan fingerprint density at radius 1 is 0.906 bits per heavy atom. The van der Waals surface area contributed by atoms with Crippen LogP contribution in [0.25, 0.3) is 0 Å². The maximum absolute atomic E-state index is 15.0. The SMILES string of the molecule is CCOC(=O)CCC(C(C)Nc1ccc(C)cc1)P(=O)(c1ccccc1)c1ccccc1. The van der Waals surface area contributed by atoms with Crippen molar-refractivity contribution in [2.45, 2.75) is 45.3 Å². The number of rotatable bonds is 10. The molecule has 0 spiro atoms. The quantitative estimate of drug-likeness (QED) is 0.327. The number of esters is 1. The monoisotopic (exact) mass is 449 g/mol. The molecule has 0 aromatic heterocycles. The topological polar surface area (TPSA) is 55.4 Å². The van der Waals surface area contributed by atoms with Crippen LogP contribution in [0, 0.1) is 6.92 Å². The number of hydrogen-bond acceptors (Lipinski definition) is 4. The molecule has 0 amide bonds. The van der Waals surface area contributed by atoms with E-state index in [2.05, 4.69) is 17.4 Å². The molecule has 1 N–H and O–H groups in total. The van der Waals surface area contributed by atoms with Gasteiger partial charge in [0.05, 0.1) is 6.61 Å². The van der Waals surface area contributed by atoms with Crippen molar-refractivity contribution in [1.82, 2.24) is 0 Å². The molecule has 0 bridgehead atoms. The molecule has 0 aliphatic heterocycles. The predicted octanol–water partition coefficient (Wildman–Crippen LogP) is 5.52. The van der Waals surface area contributed by atoms with E-state index in [0.717, 1.165) is 16.3 Å². The van der Waals surface area contributed by atoms with E-state index < -0.39 is 7.14 Å². The van der Waals surface area contributed by atoms with Gasteiger partial charge in [-0.25, -0.2) is 0 Å². The second-order valence-electron chi connectivity index (χ2n) is 8.04. The molecule has 0 aliphatic rings. The lowest BCUT2D eigenvalue weighted by Crippen LogP contribution is -2.38. The average molecular weight is 450 g/mol. The first-order chi connectivity index (χ1) is 15.4. The number of hydrogen-bond donors (Lipinski definition) is 1. The smallest absolute Gasteiger partial charge is 0.305 e. The first kappa shape index (κ1) is 23.8. The summed E-state index contributed by atoms with van der Waals surface area (Å²) < 4.78 is 20.2. The summed E-state index contributed by atoms with van der Waals surface area (Å²) in [7, 11) is -3.08. The summed E-state index contributed by atoms with van der Waals surface area (Å²) in [5.41, 5.74) is 1.86. The molecule has 32 heavy (non-hydrogen) atoms. The Kier molecular flexibility index (Phi) is 8.30. The summed E-state index contributed by atoms with van der Waals surface area (Å²) in [6.07, 6.45) is 0.683. The van der Waals surface area contributed by atoms with Crippen LogP contribution in [0.3, 0.4) is 0 Å². The van der Waals surface area contributed by atoms with Crippen LogP contribution in [0.5, 0.6) is 0 Å². The number of ether oxygens (including phenoxy) is 1. The fourth-order valence-corrected chi connectivity index (χ4v) is 7.58. The average Bonchev–Trinajstić information content (AvgIpc) is 2.82.